The zero-order chi connectivity index (χ0) is 13.8. The zero-order valence-electron chi connectivity index (χ0n) is 9.99. The average molecular weight is 279 g/mol. The van der Waals surface area contributed by atoms with Gasteiger partial charge in [-0.25, -0.2) is 4.39 Å². The van der Waals surface area contributed by atoms with Gasteiger partial charge in [-0.1, -0.05) is 23.7 Å². The second-order valence-corrected chi connectivity index (χ2v) is 4.39. The van der Waals surface area contributed by atoms with Crippen molar-refractivity contribution in [3.8, 4) is 0 Å². The van der Waals surface area contributed by atoms with E-state index in [1.807, 2.05) is 0 Å². The molecular formula is C14H12ClFN2O. The van der Waals surface area contributed by atoms with Gasteiger partial charge < -0.3 is 11.1 Å². The summed E-state index contributed by atoms with van der Waals surface area (Å²) in [7, 11) is 0. The second-order valence-electron chi connectivity index (χ2n) is 3.98. The molecule has 0 aliphatic carbocycles. The maximum Gasteiger partial charge on any atom is 0.255 e. The molecule has 2 rings (SSSR count). The maximum atomic E-state index is 12.9. The van der Waals surface area contributed by atoms with E-state index in [1.165, 1.54) is 12.1 Å². The van der Waals surface area contributed by atoms with Crippen molar-refractivity contribution >= 4 is 23.2 Å². The molecule has 0 aliphatic rings. The summed E-state index contributed by atoms with van der Waals surface area (Å²) in [5.74, 6) is -0.757. The minimum absolute atomic E-state index is 0.159. The average Bonchev–Trinajstić information content (AvgIpc) is 2.42. The third kappa shape index (κ3) is 3.30. The van der Waals surface area contributed by atoms with Crippen LogP contribution in [0.2, 0.25) is 5.02 Å². The maximum absolute atomic E-state index is 12.9. The molecule has 0 aliphatic heterocycles. The van der Waals surface area contributed by atoms with Crippen molar-refractivity contribution < 1.29 is 9.18 Å². The Labute approximate surface area is 115 Å². The lowest BCUT2D eigenvalue weighted by Crippen LogP contribution is -2.12. The number of nitrogens with two attached hydrogens (primary N) is 1. The number of nitrogens with one attached hydrogen (secondary N) is 1. The van der Waals surface area contributed by atoms with E-state index in [4.69, 9.17) is 17.3 Å². The number of rotatable bonds is 3. The normalized spacial score (nSPS) is 10.3. The Bertz CT molecular complexity index is 599. The van der Waals surface area contributed by atoms with Gasteiger partial charge in [-0.05, 0) is 35.9 Å². The first kappa shape index (κ1) is 13.5. The lowest BCUT2D eigenvalue weighted by atomic mass is 10.1. The molecule has 0 heterocycles. The summed E-state index contributed by atoms with van der Waals surface area (Å²) in [6, 6.07) is 10.7. The van der Waals surface area contributed by atoms with Gasteiger partial charge in [0.05, 0.1) is 10.7 Å². The van der Waals surface area contributed by atoms with Crippen molar-refractivity contribution in [2.75, 3.05) is 5.32 Å². The van der Waals surface area contributed by atoms with E-state index in [2.05, 4.69) is 5.32 Å². The highest BCUT2D eigenvalue weighted by Gasteiger charge is 2.08. The topological polar surface area (TPSA) is 55.1 Å². The molecule has 0 spiro atoms. The fraction of sp³-hybridized carbons (Fsp3) is 0.0714. The third-order valence-electron chi connectivity index (χ3n) is 2.63. The van der Waals surface area contributed by atoms with Gasteiger partial charge in [0.25, 0.3) is 5.91 Å². The number of halogens is 2. The predicted molar refractivity (Wildman–Crippen MR) is 73.7 cm³/mol. The van der Waals surface area contributed by atoms with Crippen LogP contribution in [0.1, 0.15) is 15.9 Å². The highest BCUT2D eigenvalue weighted by Crippen LogP contribution is 2.23. The number of benzene rings is 2. The van der Waals surface area contributed by atoms with Gasteiger partial charge in [0.15, 0.2) is 0 Å². The summed E-state index contributed by atoms with van der Waals surface area (Å²) >= 11 is 5.84. The van der Waals surface area contributed by atoms with Gasteiger partial charge in [-0.15, -0.1) is 0 Å². The van der Waals surface area contributed by atoms with Crippen LogP contribution in [0.3, 0.4) is 0 Å². The summed E-state index contributed by atoms with van der Waals surface area (Å²) in [4.78, 5) is 12.0. The van der Waals surface area contributed by atoms with Crippen molar-refractivity contribution in [3.63, 3.8) is 0 Å². The van der Waals surface area contributed by atoms with Gasteiger partial charge in [0, 0.05) is 12.1 Å². The molecule has 19 heavy (non-hydrogen) atoms. The fourth-order valence-electron chi connectivity index (χ4n) is 1.58. The van der Waals surface area contributed by atoms with Gasteiger partial charge in [0.1, 0.15) is 5.82 Å². The number of anilines is 1. The van der Waals surface area contributed by atoms with Crippen LogP contribution in [0.4, 0.5) is 10.1 Å². The van der Waals surface area contributed by atoms with E-state index in [9.17, 15) is 9.18 Å². The predicted octanol–water partition coefficient (Wildman–Crippen LogP) is 3.19. The molecule has 0 unspecified atom stereocenters. The first-order valence-corrected chi connectivity index (χ1v) is 6.03. The van der Waals surface area contributed by atoms with Gasteiger partial charge in [-0.2, -0.15) is 0 Å². The molecule has 0 aromatic heterocycles. The first-order chi connectivity index (χ1) is 9.10. The first-order valence-electron chi connectivity index (χ1n) is 5.65. The number of hydrogen-bond acceptors (Lipinski definition) is 2. The quantitative estimate of drug-likeness (QED) is 0.906. The molecule has 0 bridgehead atoms. The molecule has 0 atom stereocenters. The lowest BCUT2D eigenvalue weighted by Gasteiger charge is -2.07. The summed E-state index contributed by atoms with van der Waals surface area (Å²) in [5.41, 5.74) is 7.28. The summed E-state index contributed by atoms with van der Waals surface area (Å²) in [6.45, 7) is 0.422. The molecule has 98 valence electrons. The number of amides is 1. The lowest BCUT2D eigenvalue weighted by molar-refractivity contribution is 0.102. The van der Waals surface area contributed by atoms with E-state index in [0.29, 0.717) is 17.8 Å². The van der Waals surface area contributed by atoms with Gasteiger partial charge in [0.2, 0.25) is 0 Å². The molecule has 1 amide bonds. The Morgan fingerprint density at radius 3 is 2.47 bits per heavy atom. The largest absolute Gasteiger partial charge is 0.326 e. The second kappa shape index (κ2) is 5.82. The van der Waals surface area contributed by atoms with Crippen molar-refractivity contribution in [2.45, 2.75) is 6.54 Å². The van der Waals surface area contributed by atoms with Crippen LogP contribution in [-0.2, 0) is 6.54 Å². The molecule has 0 saturated heterocycles. The molecule has 5 heteroatoms. The minimum atomic E-state index is -0.449. The van der Waals surface area contributed by atoms with Crippen molar-refractivity contribution in [3.05, 3.63) is 64.4 Å². The fourth-order valence-corrected chi connectivity index (χ4v) is 1.79. The Kier molecular flexibility index (Phi) is 4.14. The monoisotopic (exact) mass is 278 g/mol. The van der Waals surface area contributed by atoms with Crippen molar-refractivity contribution in [1.29, 1.82) is 0 Å². The number of carbonyl (C=O) groups is 1. The van der Waals surface area contributed by atoms with E-state index in [0.717, 1.165) is 11.6 Å². The van der Waals surface area contributed by atoms with Crippen LogP contribution < -0.4 is 11.1 Å². The molecule has 2 aromatic carbocycles. The van der Waals surface area contributed by atoms with E-state index in [1.54, 1.807) is 24.3 Å². The molecule has 2 aromatic rings. The molecule has 3 N–H and O–H groups in total. The minimum Gasteiger partial charge on any atom is -0.326 e. The standard InChI is InChI=1S/C14H12ClFN2O/c15-12-7-11(16)5-6-13(12)18-14(19)10-3-1-9(8-17)2-4-10/h1-7H,8,17H2,(H,18,19). The number of hydrogen-bond donors (Lipinski definition) is 2. The zero-order valence-corrected chi connectivity index (χ0v) is 10.7. The molecule has 0 saturated carbocycles. The van der Waals surface area contributed by atoms with Crippen LogP contribution in [0.5, 0.6) is 0 Å². The van der Waals surface area contributed by atoms with Crippen LogP contribution in [0.15, 0.2) is 42.5 Å². The van der Waals surface area contributed by atoms with Crippen molar-refractivity contribution in [2.24, 2.45) is 5.73 Å². The van der Waals surface area contributed by atoms with Crippen LogP contribution in [-0.4, -0.2) is 5.91 Å². The highest BCUT2D eigenvalue weighted by atomic mass is 35.5. The Morgan fingerprint density at radius 1 is 1.21 bits per heavy atom. The van der Waals surface area contributed by atoms with Gasteiger partial charge in [-0.3, -0.25) is 4.79 Å². The SMILES string of the molecule is NCc1ccc(C(=O)Nc2ccc(F)cc2Cl)cc1. The molecule has 0 radical (unpaired) electrons. The van der Waals surface area contributed by atoms with Crippen LogP contribution >= 0.6 is 11.6 Å². The summed E-state index contributed by atoms with van der Waals surface area (Å²) < 4.78 is 12.9. The van der Waals surface area contributed by atoms with E-state index in [-0.39, 0.29) is 10.9 Å². The number of carbonyl (C=O) groups excluding carboxylic acids is 1. The Balaban J connectivity index is 2.15. The highest BCUT2D eigenvalue weighted by molar-refractivity contribution is 6.33. The van der Waals surface area contributed by atoms with Crippen LogP contribution in [0, 0.1) is 5.82 Å². The Morgan fingerprint density at radius 2 is 1.89 bits per heavy atom. The summed E-state index contributed by atoms with van der Waals surface area (Å²) in [5, 5.41) is 2.78. The van der Waals surface area contributed by atoms with Gasteiger partial charge >= 0.3 is 0 Å². The smallest absolute Gasteiger partial charge is 0.255 e. The van der Waals surface area contributed by atoms with E-state index >= 15 is 0 Å². The summed E-state index contributed by atoms with van der Waals surface area (Å²) in [6.07, 6.45) is 0. The third-order valence-corrected chi connectivity index (χ3v) is 2.94. The molecule has 0 fully saturated rings. The molecular weight excluding hydrogens is 267 g/mol. The van der Waals surface area contributed by atoms with E-state index < -0.39 is 5.82 Å². The van der Waals surface area contributed by atoms with Crippen LogP contribution in [0.25, 0.3) is 0 Å². The Hall–Kier alpha value is -1.91. The van der Waals surface area contributed by atoms with Crippen molar-refractivity contribution in [1.82, 2.24) is 0 Å². The molecule has 3 nitrogen and oxygen atoms in total.